The van der Waals surface area contributed by atoms with E-state index in [9.17, 15) is 10.1 Å². The standard InChI is InChI=1S/C11H16N4O2/c1-7-4-5-13-11(10(7)15(16)17)14-6-9(12)8-2-3-8/h4-5,8-9H,2-3,6,12H2,1H3,(H,13,14). The number of aromatic nitrogens is 1. The molecule has 0 spiro atoms. The van der Waals surface area contributed by atoms with Gasteiger partial charge in [-0.2, -0.15) is 0 Å². The fourth-order valence-electron chi connectivity index (χ4n) is 1.82. The normalized spacial score (nSPS) is 16.6. The second kappa shape index (κ2) is 4.67. The van der Waals surface area contributed by atoms with E-state index in [4.69, 9.17) is 5.73 Å². The van der Waals surface area contributed by atoms with Crippen molar-refractivity contribution in [3.05, 3.63) is 27.9 Å². The zero-order chi connectivity index (χ0) is 12.4. The largest absolute Gasteiger partial charge is 0.363 e. The molecular weight excluding hydrogens is 220 g/mol. The predicted octanol–water partition coefficient (Wildman–Crippen LogP) is 1.45. The second-order valence-corrected chi connectivity index (χ2v) is 4.46. The summed E-state index contributed by atoms with van der Waals surface area (Å²) in [6, 6.07) is 1.68. The summed E-state index contributed by atoms with van der Waals surface area (Å²) in [7, 11) is 0. The quantitative estimate of drug-likeness (QED) is 0.596. The molecule has 2 rings (SSSR count). The first-order valence-corrected chi connectivity index (χ1v) is 5.69. The van der Waals surface area contributed by atoms with Gasteiger partial charge in [0.05, 0.1) is 4.92 Å². The summed E-state index contributed by atoms with van der Waals surface area (Å²) in [6.45, 7) is 2.23. The molecule has 17 heavy (non-hydrogen) atoms. The maximum absolute atomic E-state index is 10.9. The Bertz CT molecular complexity index is 431. The second-order valence-electron chi connectivity index (χ2n) is 4.46. The Kier molecular flexibility index (Phi) is 3.23. The third-order valence-electron chi connectivity index (χ3n) is 3.04. The SMILES string of the molecule is Cc1ccnc(NCC(N)C2CC2)c1[N+](=O)[O-]. The number of nitrogens with two attached hydrogens (primary N) is 1. The molecule has 1 aromatic heterocycles. The number of nitrogens with one attached hydrogen (secondary N) is 1. The first-order chi connectivity index (χ1) is 8.09. The molecule has 1 heterocycles. The van der Waals surface area contributed by atoms with Crippen LogP contribution >= 0.6 is 0 Å². The van der Waals surface area contributed by atoms with Crippen LogP contribution in [0, 0.1) is 23.0 Å². The zero-order valence-corrected chi connectivity index (χ0v) is 9.72. The van der Waals surface area contributed by atoms with E-state index in [1.54, 1.807) is 19.2 Å². The van der Waals surface area contributed by atoms with E-state index >= 15 is 0 Å². The summed E-state index contributed by atoms with van der Waals surface area (Å²) in [5.74, 6) is 0.873. The van der Waals surface area contributed by atoms with Crippen molar-refractivity contribution in [3.63, 3.8) is 0 Å². The van der Waals surface area contributed by atoms with E-state index in [1.165, 1.54) is 0 Å². The van der Waals surface area contributed by atoms with Gasteiger partial charge in [0, 0.05) is 24.3 Å². The minimum Gasteiger partial charge on any atom is -0.363 e. The molecule has 1 aromatic rings. The highest BCUT2D eigenvalue weighted by molar-refractivity contribution is 5.59. The van der Waals surface area contributed by atoms with E-state index in [0.29, 0.717) is 23.8 Å². The van der Waals surface area contributed by atoms with Crippen LogP contribution in [0.15, 0.2) is 12.3 Å². The van der Waals surface area contributed by atoms with Crippen molar-refractivity contribution < 1.29 is 4.92 Å². The van der Waals surface area contributed by atoms with Crippen molar-refractivity contribution in [2.45, 2.75) is 25.8 Å². The molecular formula is C11H16N4O2. The van der Waals surface area contributed by atoms with E-state index in [0.717, 1.165) is 12.8 Å². The molecule has 1 fully saturated rings. The Morgan fingerprint density at radius 1 is 1.71 bits per heavy atom. The van der Waals surface area contributed by atoms with Gasteiger partial charge in [0.2, 0.25) is 5.82 Å². The highest BCUT2D eigenvalue weighted by Gasteiger charge is 2.29. The summed E-state index contributed by atoms with van der Waals surface area (Å²) in [5, 5.41) is 13.9. The van der Waals surface area contributed by atoms with E-state index in [1.807, 2.05) is 0 Å². The molecule has 1 unspecified atom stereocenters. The van der Waals surface area contributed by atoms with Crippen LogP contribution in [-0.2, 0) is 0 Å². The summed E-state index contributed by atoms with van der Waals surface area (Å²) >= 11 is 0. The minimum absolute atomic E-state index is 0.0375. The van der Waals surface area contributed by atoms with E-state index in [-0.39, 0.29) is 11.7 Å². The number of nitrogens with zero attached hydrogens (tertiary/aromatic N) is 2. The molecule has 1 atom stereocenters. The molecule has 92 valence electrons. The molecule has 1 aliphatic rings. The number of aryl methyl sites for hydroxylation is 1. The van der Waals surface area contributed by atoms with Gasteiger partial charge in [0.1, 0.15) is 0 Å². The fraction of sp³-hybridized carbons (Fsp3) is 0.545. The minimum atomic E-state index is -0.409. The number of rotatable bonds is 5. The average Bonchev–Trinajstić information content (AvgIpc) is 3.08. The highest BCUT2D eigenvalue weighted by Crippen LogP contribution is 2.32. The fourth-order valence-corrected chi connectivity index (χ4v) is 1.82. The maximum atomic E-state index is 10.9. The third-order valence-corrected chi connectivity index (χ3v) is 3.04. The third kappa shape index (κ3) is 2.71. The van der Waals surface area contributed by atoms with Crippen molar-refractivity contribution in [1.29, 1.82) is 0 Å². The van der Waals surface area contributed by atoms with E-state index < -0.39 is 4.92 Å². The van der Waals surface area contributed by atoms with Crippen molar-refractivity contribution >= 4 is 11.5 Å². The van der Waals surface area contributed by atoms with Crippen molar-refractivity contribution in [2.24, 2.45) is 11.7 Å². The Morgan fingerprint density at radius 2 is 2.41 bits per heavy atom. The molecule has 1 aliphatic carbocycles. The first-order valence-electron chi connectivity index (χ1n) is 5.69. The van der Waals surface area contributed by atoms with Crippen molar-refractivity contribution in [3.8, 4) is 0 Å². The van der Waals surface area contributed by atoms with Crippen LogP contribution in [0.2, 0.25) is 0 Å². The smallest absolute Gasteiger partial charge is 0.314 e. The first kappa shape index (κ1) is 11.8. The number of nitro groups is 1. The van der Waals surface area contributed by atoms with Crippen LogP contribution < -0.4 is 11.1 Å². The van der Waals surface area contributed by atoms with Crippen LogP contribution in [0.25, 0.3) is 0 Å². The van der Waals surface area contributed by atoms with Gasteiger partial charge >= 0.3 is 5.69 Å². The molecule has 0 saturated heterocycles. The number of hydrogen-bond donors (Lipinski definition) is 2. The highest BCUT2D eigenvalue weighted by atomic mass is 16.6. The lowest BCUT2D eigenvalue weighted by molar-refractivity contribution is -0.384. The van der Waals surface area contributed by atoms with Gasteiger partial charge in [-0.25, -0.2) is 4.98 Å². The number of hydrogen-bond acceptors (Lipinski definition) is 5. The summed E-state index contributed by atoms with van der Waals surface area (Å²) < 4.78 is 0. The molecule has 6 nitrogen and oxygen atoms in total. The Morgan fingerprint density at radius 3 is 3.00 bits per heavy atom. The molecule has 0 aliphatic heterocycles. The molecule has 0 aromatic carbocycles. The van der Waals surface area contributed by atoms with Gasteiger partial charge in [-0.3, -0.25) is 10.1 Å². The molecule has 1 saturated carbocycles. The lowest BCUT2D eigenvalue weighted by Crippen LogP contribution is -2.31. The lowest BCUT2D eigenvalue weighted by Gasteiger charge is -2.12. The van der Waals surface area contributed by atoms with Crippen LogP contribution in [0.1, 0.15) is 18.4 Å². The van der Waals surface area contributed by atoms with Crippen LogP contribution in [0.3, 0.4) is 0 Å². The van der Waals surface area contributed by atoms with E-state index in [2.05, 4.69) is 10.3 Å². The topological polar surface area (TPSA) is 94.1 Å². The van der Waals surface area contributed by atoms with Crippen molar-refractivity contribution in [2.75, 3.05) is 11.9 Å². The van der Waals surface area contributed by atoms with Gasteiger partial charge in [-0.05, 0) is 31.7 Å². The van der Waals surface area contributed by atoms with Crippen LogP contribution in [-0.4, -0.2) is 22.5 Å². The Labute approximate surface area is 99.4 Å². The molecule has 3 N–H and O–H groups in total. The van der Waals surface area contributed by atoms with Crippen LogP contribution in [0.5, 0.6) is 0 Å². The molecule has 0 amide bonds. The van der Waals surface area contributed by atoms with Gasteiger partial charge < -0.3 is 11.1 Å². The van der Waals surface area contributed by atoms with Crippen molar-refractivity contribution in [1.82, 2.24) is 4.98 Å². The zero-order valence-electron chi connectivity index (χ0n) is 9.72. The lowest BCUT2D eigenvalue weighted by atomic mass is 10.2. The number of pyridine rings is 1. The summed E-state index contributed by atoms with van der Waals surface area (Å²) in [5.41, 5.74) is 6.57. The van der Waals surface area contributed by atoms with Gasteiger partial charge in [0.15, 0.2) is 0 Å². The molecule has 0 radical (unpaired) electrons. The molecule has 0 bridgehead atoms. The predicted molar refractivity (Wildman–Crippen MR) is 64.8 cm³/mol. The van der Waals surface area contributed by atoms with Gasteiger partial charge in [-0.15, -0.1) is 0 Å². The number of anilines is 1. The Hall–Kier alpha value is -1.69. The van der Waals surface area contributed by atoms with Crippen LogP contribution in [0.4, 0.5) is 11.5 Å². The summed E-state index contributed by atoms with van der Waals surface area (Å²) in [4.78, 5) is 14.5. The summed E-state index contributed by atoms with van der Waals surface area (Å²) in [6.07, 6.45) is 3.88. The van der Waals surface area contributed by atoms with Gasteiger partial charge in [0.25, 0.3) is 0 Å². The van der Waals surface area contributed by atoms with Gasteiger partial charge in [-0.1, -0.05) is 0 Å². The maximum Gasteiger partial charge on any atom is 0.314 e. The monoisotopic (exact) mass is 236 g/mol. The molecule has 6 heteroatoms. The average molecular weight is 236 g/mol. The Balaban J connectivity index is 2.08.